The minimum absolute atomic E-state index is 0.467. The van der Waals surface area contributed by atoms with E-state index in [2.05, 4.69) is 10.3 Å². The van der Waals surface area contributed by atoms with Gasteiger partial charge in [-0.15, -0.1) is 5.10 Å². The zero-order valence-corrected chi connectivity index (χ0v) is 11.0. The van der Waals surface area contributed by atoms with Crippen LogP contribution in [0.1, 0.15) is 5.56 Å². The van der Waals surface area contributed by atoms with E-state index in [0.717, 1.165) is 17.7 Å². The summed E-state index contributed by atoms with van der Waals surface area (Å²) in [5.41, 5.74) is 8.44. The summed E-state index contributed by atoms with van der Waals surface area (Å²) in [6, 6.07) is 11.1. The second kappa shape index (κ2) is 5.32. The third-order valence-corrected chi connectivity index (χ3v) is 3.15. The molecule has 106 valence electrons. The molecule has 0 fully saturated rings. The summed E-state index contributed by atoms with van der Waals surface area (Å²) >= 11 is 0. The highest BCUT2D eigenvalue weighted by Crippen LogP contribution is 2.21. The predicted molar refractivity (Wildman–Crippen MR) is 75.3 cm³/mol. The van der Waals surface area contributed by atoms with E-state index in [9.17, 15) is 8.78 Å². The number of nitrogen functional groups attached to an aromatic ring is 1. The van der Waals surface area contributed by atoms with Crippen molar-refractivity contribution in [1.29, 1.82) is 0 Å². The summed E-state index contributed by atoms with van der Waals surface area (Å²) in [5, 5.41) is 7.82. The van der Waals surface area contributed by atoms with Gasteiger partial charge in [0.1, 0.15) is 0 Å². The Hall–Kier alpha value is -2.76. The molecule has 3 aromatic rings. The third-order valence-electron chi connectivity index (χ3n) is 3.15. The number of nitrogens with zero attached hydrogens (tertiary/aromatic N) is 3. The average molecular weight is 286 g/mol. The molecule has 0 spiro atoms. The third kappa shape index (κ3) is 2.74. The Kier molecular flexibility index (Phi) is 3.35. The highest BCUT2D eigenvalue weighted by molar-refractivity contribution is 5.58. The molecule has 3 rings (SSSR count). The Morgan fingerprint density at radius 1 is 1.00 bits per heavy atom. The number of aromatic nitrogens is 3. The second-order valence-electron chi connectivity index (χ2n) is 4.65. The summed E-state index contributed by atoms with van der Waals surface area (Å²) in [5.74, 6) is -1.77. The van der Waals surface area contributed by atoms with Crippen molar-refractivity contribution >= 4 is 5.69 Å². The van der Waals surface area contributed by atoms with Gasteiger partial charge in [0, 0.05) is 11.3 Å². The average Bonchev–Trinajstić information content (AvgIpc) is 2.92. The van der Waals surface area contributed by atoms with Crippen molar-refractivity contribution in [2.24, 2.45) is 0 Å². The van der Waals surface area contributed by atoms with Crippen LogP contribution >= 0.6 is 0 Å². The maximum atomic E-state index is 13.3. The van der Waals surface area contributed by atoms with Gasteiger partial charge < -0.3 is 5.73 Å². The lowest BCUT2D eigenvalue weighted by molar-refractivity contribution is 0.509. The van der Waals surface area contributed by atoms with Crippen LogP contribution < -0.4 is 5.73 Å². The molecule has 0 saturated heterocycles. The number of hydrogen-bond acceptors (Lipinski definition) is 3. The fourth-order valence-corrected chi connectivity index (χ4v) is 2.05. The molecule has 2 N–H and O–H groups in total. The Morgan fingerprint density at radius 2 is 1.76 bits per heavy atom. The molecular weight excluding hydrogens is 274 g/mol. The molecule has 0 saturated carbocycles. The van der Waals surface area contributed by atoms with Crippen LogP contribution in [0.5, 0.6) is 0 Å². The van der Waals surface area contributed by atoms with Gasteiger partial charge in [-0.05, 0) is 35.9 Å². The van der Waals surface area contributed by atoms with Crippen LogP contribution in [0.25, 0.3) is 11.3 Å². The summed E-state index contributed by atoms with van der Waals surface area (Å²) in [4.78, 5) is 0. The van der Waals surface area contributed by atoms with Gasteiger partial charge in [-0.1, -0.05) is 17.3 Å². The van der Waals surface area contributed by atoms with Crippen molar-refractivity contribution in [3.05, 3.63) is 65.9 Å². The Labute approximate surface area is 119 Å². The quantitative estimate of drug-likeness (QED) is 0.753. The fraction of sp³-hybridized carbons (Fsp3) is 0.0667. The molecule has 0 aliphatic carbocycles. The zero-order valence-electron chi connectivity index (χ0n) is 11.0. The van der Waals surface area contributed by atoms with Crippen LogP contribution in [-0.2, 0) is 6.54 Å². The van der Waals surface area contributed by atoms with E-state index < -0.39 is 11.6 Å². The van der Waals surface area contributed by atoms with E-state index in [-0.39, 0.29) is 0 Å². The van der Waals surface area contributed by atoms with Crippen molar-refractivity contribution in [3.63, 3.8) is 0 Å². The van der Waals surface area contributed by atoms with Crippen molar-refractivity contribution in [3.8, 4) is 11.3 Å². The molecular formula is C15H12F2N4. The van der Waals surface area contributed by atoms with E-state index in [1.165, 1.54) is 12.3 Å². The van der Waals surface area contributed by atoms with E-state index >= 15 is 0 Å². The van der Waals surface area contributed by atoms with Gasteiger partial charge in [0.2, 0.25) is 0 Å². The van der Waals surface area contributed by atoms with Crippen molar-refractivity contribution in [2.75, 3.05) is 5.73 Å². The summed E-state index contributed by atoms with van der Waals surface area (Å²) in [6.07, 6.45) is 1.52. The van der Waals surface area contributed by atoms with Gasteiger partial charge in [-0.3, -0.25) is 0 Å². The molecule has 0 amide bonds. The van der Waals surface area contributed by atoms with Crippen LogP contribution in [0.15, 0.2) is 48.7 Å². The molecule has 1 heterocycles. The molecule has 4 nitrogen and oxygen atoms in total. The number of halogens is 2. The highest BCUT2D eigenvalue weighted by atomic mass is 19.2. The maximum absolute atomic E-state index is 13.3. The lowest BCUT2D eigenvalue weighted by Crippen LogP contribution is -2.04. The molecule has 0 aliphatic heterocycles. The number of benzene rings is 2. The molecule has 2 aromatic carbocycles. The van der Waals surface area contributed by atoms with E-state index in [1.807, 2.05) is 12.1 Å². The van der Waals surface area contributed by atoms with Crippen molar-refractivity contribution in [1.82, 2.24) is 15.0 Å². The summed E-state index contributed by atoms with van der Waals surface area (Å²) < 4.78 is 28.0. The Bertz CT molecular complexity index is 766. The minimum atomic E-state index is -0.896. The topological polar surface area (TPSA) is 56.7 Å². The first-order valence-electron chi connectivity index (χ1n) is 6.32. The van der Waals surface area contributed by atoms with Gasteiger partial charge in [0.05, 0.1) is 18.4 Å². The molecule has 0 unspecified atom stereocenters. The molecule has 0 atom stereocenters. The monoisotopic (exact) mass is 286 g/mol. The lowest BCUT2D eigenvalue weighted by Gasteiger charge is -2.07. The molecule has 6 heteroatoms. The first kappa shape index (κ1) is 13.2. The number of nitrogens with two attached hydrogens (primary N) is 1. The fourth-order valence-electron chi connectivity index (χ4n) is 2.05. The van der Waals surface area contributed by atoms with Gasteiger partial charge in [0.15, 0.2) is 11.6 Å². The summed E-state index contributed by atoms with van der Waals surface area (Å²) in [6.45, 7) is 0.467. The van der Waals surface area contributed by atoms with Gasteiger partial charge >= 0.3 is 0 Å². The number of anilines is 1. The highest BCUT2D eigenvalue weighted by Gasteiger charge is 2.10. The largest absolute Gasteiger partial charge is 0.399 e. The van der Waals surface area contributed by atoms with Gasteiger partial charge in [0.25, 0.3) is 0 Å². The molecule has 0 bridgehead atoms. The van der Waals surface area contributed by atoms with Gasteiger partial charge in [-0.2, -0.15) is 0 Å². The van der Waals surface area contributed by atoms with Crippen LogP contribution in [0.4, 0.5) is 14.5 Å². The van der Waals surface area contributed by atoms with Crippen LogP contribution in [0.3, 0.4) is 0 Å². The van der Waals surface area contributed by atoms with E-state index in [0.29, 0.717) is 23.5 Å². The lowest BCUT2D eigenvalue weighted by atomic mass is 10.1. The number of hydrogen-bond donors (Lipinski definition) is 1. The maximum Gasteiger partial charge on any atom is 0.159 e. The molecule has 1 aromatic heterocycles. The van der Waals surface area contributed by atoms with E-state index in [1.54, 1.807) is 16.8 Å². The van der Waals surface area contributed by atoms with E-state index in [4.69, 9.17) is 5.73 Å². The number of rotatable bonds is 3. The Morgan fingerprint density at radius 3 is 2.48 bits per heavy atom. The normalized spacial score (nSPS) is 10.8. The van der Waals surface area contributed by atoms with Crippen molar-refractivity contribution in [2.45, 2.75) is 6.54 Å². The van der Waals surface area contributed by atoms with Crippen LogP contribution in [0.2, 0.25) is 0 Å². The van der Waals surface area contributed by atoms with Gasteiger partial charge in [-0.25, -0.2) is 13.5 Å². The smallest absolute Gasteiger partial charge is 0.159 e. The predicted octanol–water partition coefficient (Wildman–Crippen LogP) is 2.85. The summed E-state index contributed by atoms with van der Waals surface area (Å²) in [7, 11) is 0. The zero-order chi connectivity index (χ0) is 14.8. The van der Waals surface area contributed by atoms with Crippen LogP contribution in [-0.4, -0.2) is 15.0 Å². The SMILES string of the molecule is Nc1ccc(Cn2nncc2-c2ccc(F)c(F)c2)cc1. The second-order valence-corrected chi connectivity index (χ2v) is 4.65. The molecule has 0 radical (unpaired) electrons. The molecule has 0 aliphatic rings. The Balaban J connectivity index is 1.93. The molecule has 21 heavy (non-hydrogen) atoms. The van der Waals surface area contributed by atoms with Crippen molar-refractivity contribution < 1.29 is 8.78 Å². The standard InChI is InChI=1S/C15H12F2N4/c16-13-6-3-11(7-14(13)17)15-8-19-20-21(15)9-10-1-4-12(18)5-2-10/h1-8H,9,18H2. The minimum Gasteiger partial charge on any atom is -0.399 e. The van der Waals surface area contributed by atoms with Crippen LogP contribution in [0, 0.1) is 11.6 Å². The first-order valence-corrected chi connectivity index (χ1v) is 6.32. The first-order chi connectivity index (χ1) is 10.1.